The van der Waals surface area contributed by atoms with Crippen LogP contribution in [0.2, 0.25) is 5.02 Å². The van der Waals surface area contributed by atoms with Crippen LogP contribution in [0.1, 0.15) is 11.3 Å². The first-order valence-electron chi connectivity index (χ1n) is 7.04. The molecule has 25 heavy (non-hydrogen) atoms. The summed E-state index contributed by atoms with van der Waals surface area (Å²) >= 11 is 5.85. The Kier molecular flexibility index (Phi) is 4.49. The van der Waals surface area contributed by atoms with Crippen molar-refractivity contribution in [2.45, 2.75) is 12.7 Å². The van der Waals surface area contributed by atoms with Crippen LogP contribution in [0, 0.1) is 0 Å². The van der Waals surface area contributed by atoms with Crippen molar-refractivity contribution >= 4 is 17.3 Å². The maximum Gasteiger partial charge on any atom is 0.435 e. The predicted octanol–water partition coefficient (Wildman–Crippen LogP) is 3.24. The third-order valence-electron chi connectivity index (χ3n) is 3.36. The fourth-order valence-electron chi connectivity index (χ4n) is 2.09. The fourth-order valence-corrected chi connectivity index (χ4v) is 2.25. The van der Waals surface area contributed by atoms with Gasteiger partial charge in [0, 0.05) is 12.7 Å². The molecule has 0 radical (unpaired) electrons. The van der Waals surface area contributed by atoms with E-state index >= 15 is 0 Å². The van der Waals surface area contributed by atoms with Crippen LogP contribution >= 0.6 is 11.6 Å². The Hall–Kier alpha value is -2.81. The van der Waals surface area contributed by atoms with Gasteiger partial charge in [-0.2, -0.15) is 23.4 Å². The number of alkyl halides is 3. The summed E-state index contributed by atoms with van der Waals surface area (Å²) < 4.78 is 38.9. The molecule has 0 aliphatic heterocycles. The third kappa shape index (κ3) is 3.82. The molecular formula is C15H11ClF3N5O. The van der Waals surface area contributed by atoms with Crippen molar-refractivity contribution in [3.63, 3.8) is 0 Å². The van der Waals surface area contributed by atoms with E-state index in [9.17, 15) is 18.0 Å². The lowest BCUT2D eigenvalue weighted by atomic mass is 10.2. The minimum atomic E-state index is -4.48. The summed E-state index contributed by atoms with van der Waals surface area (Å²) in [7, 11) is 0. The Balaban J connectivity index is 1.71. The molecule has 6 nitrogen and oxygen atoms in total. The predicted molar refractivity (Wildman–Crippen MR) is 85.8 cm³/mol. The standard InChI is InChI=1S/C15H11ClF3N5O/c16-13-11(8-21-22-14(13)25)20-7-9-1-3-10(4-2-9)24-6-5-12(23-24)15(17,18)19/h1-6,8H,7H2,(H2,20,22,25). The van der Waals surface area contributed by atoms with Gasteiger partial charge >= 0.3 is 6.18 Å². The van der Waals surface area contributed by atoms with Crippen LogP contribution in [-0.2, 0) is 12.7 Å². The molecular weight excluding hydrogens is 359 g/mol. The molecule has 2 heterocycles. The first kappa shape index (κ1) is 17.0. The van der Waals surface area contributed by atoms with Gasteiger partial charge in [-0.15, -0.1) is 0 Å². The van der Waals surface area contributed by atoms with Crippen molar-refractivity contribution in [2.75, 3.05) is 5.32 Å². The maximum atomic E-state index is 12.6. The lowest BCUT2D eigenvalue weighted by Crippen LogP contribution is -2.11. The van der Waals surface area contributed by atoms with Crippen molar-refractivity contribution in [3.05, 3.63) is 69.4 Å². The van der Waals surface area contributed by atoms with Gasteiger partial charge in [-0.3, -0.25) is 4.79 Å². The second kappa shape index (κ2) is 6.60. The van der Waals surface area contributed by atoms with Crippen molar-refractivity contribution in [2.24, 2.45) is 0 Å². The zero-order valence-electron chi connectivity index (χ0n) is 12.5. The molecule has 10 heteroatoms. The van der Waals surface area contributed by atoms with E-state index in [0.717, 1.165) is 16.3 Å². The van der Waals surface area contributed by atoms with Gasteiger partial charge in [-0.05, 0) is 23.8 Å². The van der Waals surface area contributed by atoms with E-state index in [1.165, 1.54) is 12.4 Å². The van der Waals surface area contributed by atoms with Crippen molar-refractivity contribution in [1.29, 1.82) is 0 Å². The van der Waals surface area contributed by atoms with Gasteiger partial charge in [0.05, 0.1) is 17.6 Å². The minimum Gasteiger partial charge on any atom is -0.378 e. The number of aromatic amines is 1. The normalized spacial score (nSPS) is 11.5. The highest BCUT2D eigenvalue weighted by molar-refractivity contribution is 6.32. The number of nitrogens with zero attached hydrogens (tertiary/aromatic N) is 3. The lowest BCUT2D eigenvalue weighted by Gasteiger charge is -2.08. The van der Waals surface area contributed by atoms with Gasteiger partial charge in [-0.1, -0.05) is 23.7 Å². The smallest absolute Gasteiger partial charge is 0.378 e. The number of nitrogens with one attached hydrogen (secondary N) is 2. The number of hydrogen-bond acceptors (Lipinski definition) is 4. The van der Waals surface area contributed by atoms with E-state index in [1.54, 1.807) is 24.3 Å². The zero-order valence-corrected chi connectivity index (χ0v) is 13.3. The van der Waals surface area contributed by atoms with Gasteiger partial charge in [-0.25, -0.2) is 9.78 Å². The van der Waals surface area contributed by atoms with E-state index < -0.39 is 17.4 Å². The highest BCUT2D eigenvalue weighted by Gasteiger charge is 2.33. The van der Waals surface area contributed by atoms with E-state index in [4.69, 9.17) is 11.6 Å². The highest BCUT2D eigenvalue weighted by atomic mass is 35.5. The first-order valence-corrected chi connectivity index (χ1v) is 7.41. The number of hydrogen-bond donors (Lipinski definition) is 2. The topological polar surface area (TPSA) is 75.6 Å². The van der Waals surface area contributed by atoms with E-state index in [-0.39, 0.29) is 5.02 Å². The highest BCUT2D eigenvalue weighted by Crippen LogP contribution is 2.27. The lowest BCUT2D eigenvalue weighted by molar-refractivity contribution is -0.141. The molecule has 0 bridgehead atoms. The number of aromatic nitrogens is 4. The van der Waals surface area contributed by atoms with Crippen LogP contribution in [0.3, 0.4) is 0 Å². The summed E-state index contributed by atoms with van der Waals surface area (Å²) in [6.07, 6.45) is -1.84. The van der Waals surface area contributed by atoms with E-state index in [1.807, 2.05) is 0 Å². The molecule has 0 unspecified atom stereocenters. The van der Waals surface area contributed by atoms with Crippen molar-refractivity contribution in [1.82, 2.24) is 20.0 Å². The third-order valence-corrected chi connectivity index (χ3v) is 3.73. The Morgan fingerprint density at radius 1 is 1.20 bits per heavy atom. The Morgan fingerprint density at radius 2 is 1.92 bits per heavy atom. The molecule has 130 valence electrons. The van der Waals surface area contributed by atoms with Crippen LogP contribution < -0.4 is 10.9 Å². The summed E-state index contributed by atoms with van der Waals surface area (Å²) in [5.41, 5.74) is 0.269. The van der Waals surface area contributed by atoms with Gasteiger partial charge in [0.25, 0.3) is 5.56 Å². The van der Waals surface area contributed by atoms with Crippen LogP contribution in [0.25, 0.3) is 5.69 Å². The number of rotatable bonds is 4. The number of benzene rings is 1. The second-order valence-corrected chi connectivity index (χ2v) is 5.47. The molecule has 0 spiro atoms. The molecule has 1 aromatic carbocycles. The largest absolute Gasteiger partial charge is 0.435 e. The summed E-state index contributed by atoms with van der Waals surface area (Å²) in [5.74, 6) is 0. The molecule has 0 aliphatic rings. The average Bonchev–Trinajstić information content (AvgIpc) is 3.07. The minimum absolute atomic E-state index is 0.00263. The monoisotopic (exact) mass is 369 g/mol. The molecule has 0 saturated carbocycles. The summed E-state index contributed by atoms with van der Waals surface area (Å²) in [6, 6.07) is 7.65. The van der Waals surface area contributed by atoms with Crippen LogP contribution in [0.5, 0.6) is 0 Å². The molecule has 0 aliphatic carbocycles. The summed E-state index contributed by atoms with van der Waals surface area (Å²) in [4.78, 5) is 11.3. The van der Waals surface area contributed by atoms with E-state index in [2.05, 4.69) is 20.6 Å². The van der Waals surface area contributed by atoms with E-state index in [0.29, 0.717) is 17.9 Å². The van der Waals surface area contributed by atoms with Crippen molar-refractivity contribution < 1.29 is 13.2 Å². The molecule has 0 amide bonds. The van der Waals surface area contributed by atoms with Gasteiger partial charge < -0.3 is 5.32 Å². The first-order chi connectivity index (χ1) is 11.8. The Labute approximate surface area is 144 Å². The van der Waals surface area contributed by atoms with Gasteiger partial charge in [0.2, 0.25) is 0 Å². The summed E-state index contributed by atoms with van der Waals surface area (Å²) in [5, 5.41) is 12.3. The Morgan fingerprint density at radius 3 is 2.56 bits per heavy atom. The number of halogens is 4. The number of anilines is 1. The maximum absolute atomic E-state index is 12.6. The van der Waals surface area contributed by atoms with Gasteiger partial charge in [0.15, 0.2) is 5.69 Å². The average molecular weight is 370 g/mol. The molecule has 2 aromatic heterocycles. The zero-order chi connectivity index (χ0) is 18.0. The second-order valence-electron chi connectivity index (χ2n) is 5.09. The fraction of sp³-hybridized carbons (Fsp3) is 0.133. The molecule has 2 N–H and O–H groups in total. The molecule has 3 rings (SSSR count). The Bertz CT molecular complexity index is 933. The van der Waals surface area contributed by atoms with Crippen LogP contribution in [0.4, 0.5) is 18.9 Å². The van der Waals surface area contributed by atoms with Crippen LogP contribution in [0.15, 0.2) is 47.5 Å². The van der Waals surface area contributed by atoms with Crippen molar-refractivity contribution in [3.8, 4) is 5.69 Å². The quantitative estimate of drug-likeness (QED) is 0.740. The van der Waals surface area contributed by atoms with Gasteiger partial charge in [0.1, 0.15) is 5.02 Å². The molecule has 0 saturated heterocycles. The molecule has 3 aromatic rings. The summed E-state index contributed by atoms with van der Waals surface area (Å²) in [6.45, 7) is 0.359. The number of H-pyrrole nitrogens is 1. The molecule has 0 fully saturated rings. The molecule has 0 atom stereocenters. The SMILES string of the molecule is O=c1[nH]ncc(NCc2ccc(-n3ccc(C(F)(F)F)n3)cc2)c1Cl. The van der Waals surface area contributed by atoms with Crippen LogP contribution in [-0.4, -0.2) is 20.0 Å².